The van der Waals surface area contributed by atoms with Crippen molar-refractivity contribution in [1.82, 2.24) is 9.55 Å². The van der Waals surface area contributed by atoms with E-state index < -0.39 is 0 Å². The Hall–Kier alpha value is -7.89. The fourth-order valence-electron chi connectivity index (χ4n) is 8.86. The molecule has 0 amide bonds. The number of fused-ring (bicyclic) bond motifs is 4. The summed E-state index contributed by atoms with van der Waals surface area (Å²) in [6, 6.07) is 72.7. The lowest BCUT2D eigenvalue weighted by molar-refractivity contribution is 0.483. The number of pyridine rings is 1. The van der Waals surface area contributed by atoms with Crippen LogP contribution in [0.2, 0.25) is 0 Å². The highest BCUT2D eigenvalue weighted by Gasteiger charge is 2.31. The topological polar surface area (TPSA) is 33.5 Å². The highest BCUT2D eigenvalue weighted by atomic mass is 16.5. The monoisotopic (exact) mass is 772 g/mol. The Morgan fingerprint density at radius 2 is 1.02 bits per heavy atom. The lowest BCUT2D eigenvalue weighted by Crippen LogP contribution is -2.24. The summed E-state index contributed by atoms with van der Waals surface area (Å²) in [5, 5.41) is 2.33. The van der Waals surface area contributed by atoms with Crippen LogP contribution in [0.15, 0.2) is 212 Å². The molecule has 0 unspecified atom stereocenters. The molecule has 8 aromatic carbocycles. The highest BCUT2D eigenvalue weighted by Crippen LogP contribution is 2.50. The lowest BCUT2D eigenvalue weighted by atomic mass is 9.95. The van der Waals surface area contributed by atoms with Crippen molar-refractivity contribution in [2.45, 2.75) is 6.92 Å². The lowest BCUT2D eigenvalue weighted by Gasteiger charge is -2.27. The van der Waals surface area contributed by atoms with Gasteiger partial charge < -0.3 is 14.5 Å². The average molecular weight is 773 g/mol. The van der Waals surface area contributed by atoms with E-state index in [0.717, 1.165) is 61.9 Å². The molecule has 3 heterocycles. The van der Waals surface area contributed by atoms with Gasteiger partial charge in [0.2, 0.25) is 0 Å². The summed E-state index contributed by atoms with van der Waals surface area (Å²) >= 11 is 0. The fraction of sp³-hybridized carbons (Fsp3) is 0.0364. The molecule has 0 spiro atoms. The van der Waals surface area contributed by atoms with E-state index in [0.29, 0.717) is 6.67 Å². The smallest absolute Gasteiger partial charge is 0.137 e. The van der Waals surface area contributed by atoms with Gasteiger partial charge in [-0.05, 0) is 77.7 Å². The maximum Gasteiger partial charge on any atom is 0.137 e. The molecule has 5 nitrogen and oxygen atoms in total. The van der Waals surface area contributed by atoms with Crippen LogP contribution in [0.1, 0.15) is 5.56 Å². The number of hydrogen-bond acceptors (Lipinski definition) is 4. The molecule has 0 atom stereocenters. The van der Waals surface area contributed by atoms with E-state index in [-0.39, 0.29) is 0 Å². The zero-order chi connectivity index (χ0) is 40.0. The Kier molecular flexibility index (Phi) is 8.71. The molecule has 10 aromatic rings. The van der Waals surface area contributed by atoms with Crippen LogP contribution in [0.3, 0.4) is 0 Å². The first-order valence-corrected chi connectivity index (χ1v) is 20.4. The van der Waals surface area contributed by atoms with Gasteiger partial charge >= 0.3 is 0 Å². The van der Waals surface area contributed by atoms with E-state index in [2.05, 4.69) is 215 Å². The third kappa shape index (κ3) is 6.16. The normalized spacial score (nSPS) is 12.3. The molecule has 0 aliphatic carbocycles. The molecule has 1 aliphatic rings. The van der Waals surface area contributed by atoms with Crippen molar-refractivity contribution in [3.05, 3.63) is 218 Å². The number of nitrogens with zero attached hydrogens (tertiary/aromatic N) is 4. The molecule has 2 aromatic heterocycles. The van der Waals surface area contributed by atoms with Crippen molar-refractivity contribution in [3.8, 4) is 50.7 Å². The van der Waals surface area contributed by atoms with Crippen LogP contribution in [0.4, 0.5) is 22.7 Å². The van der Waals surface area contributed by atoms with Gasteiger partial charge in [0.1, 0.15) is 24.0 Å². The standard InChI is InChI=1S/C55H40N4O/c1-38-33-54(56-36-49(38)41-21-9-4-10-22-41)59-50-28-12-11-25-47(50)48-32-31-44(35-53(48)59)60-43-24-15-23-42(34-43)57-37-58(52-30-14-13-29-51(52)57)55-45(39-17-5-2-6-18-39)26-16-27-46(55)40-19-7-3-8-20-40/h2-36H,37H2,1H3. The molecule has 0 bridgehead atoms. The number of aryl methyl sites for hydroxylation is 1. The maximum absolute atomic E-state index is 6.75. The molecule has 0 saturated heterocycles. The van der Waals surface area contributed by atoms with Gasteiger partial charge in [0, 0.05) is 51.5 Å². The molecule has 0 fully saturated rings. The summed E-state index contributed by atoms with van der Waals surface area (Å²) in [6.45, 7) is 2.79. The molecule has 286 valence electrons. The largest absolute Gasteiger partial charge is 0.457 e. The Bertz CT molecular complexity index is 3120. The van der Waals surface area contributed by atoms with E-state index in [1.54, 1.807) is 0 Å². The molecule has 1 aliphatic heterocycles. The van der Waals surface area contributed by atoms with Crippen molar-refractivity contribution in [3.63, 3.8) is 0 Å². The Morgan fingerprint density at radius 1 is 0.450 bits per heavy atom. The molecule has 0 radical (unpaired) electrons. The first-order chi connectivity index (χ1) is 29.7. The minimum absolute atomic E-state index is 0.633. The van der Waals surface area contributed by atoms with Crippen molar-refractivity contribution in [1.29, 1.82) is 0 Å². The zero-order valence-corrected chi connectivity index (χ0v) is 33.1. The van der Waals surface area contributed by atoms with Crippen LogP contribution in [0, 0.1) is 6.92 Å². The quantitative estimate of drug-likeness (QED) is 0.154. The Balaban J connectivity index is 0.961. The van der Waals surface area contributed by atoms with Crippen LogP contribution in [-0.4, -0.2) is 16.2 Å². The molecule has 11 rings (SSSR count). The Labute approximate surface area is 349 Å². The minimum atomic E-state index is 0.633. The average Bonchev–Trinajstić information content (AvgIpc) is 3.86. The molecule has 0 saturated carbocycles. The molecule has 60 heavy (non-hydrogen) atoms. The van der Waals surface area contributed by atoms with Crippen molar-refractivity contribution >= 4 is 44.6 Å². The van der Waals surface area contributed by atoms with E-state index >= 15 is 0 Å². The van der Waals surface area contributed by atoms with Crippen LogP contribution in [0.5, 0.6) is 11.5 Å². The second kappa shape index (κ2) is 14.8. The molecule has 0 N–H and O–H groups in total. The summed E-state index contributed by atoms with van der Waals surface area (Å²) in [5.41, 5.74) is 14.9. The van der Waals surface area contributed by atoms with Crippen LogP contribution >= 0.6 is 0 Å². The second-order valence-electron chi connectivity index (χ2n) is 15.3. The predicted octanol–water partition coefficient (Wildman–Crippen LogP) is 14.5. The van der Waals surface area contributed by atoms with E-state index in [9.17, 15) is 0 Å². The number of para-hydroxylation sites is 4. The summed E-state index contributed by atoms with van der Waals surface area (Å²) in [7, 11) is 0. The SMILES string of the molecule is Cc1cc(-n2c3ccccc3c3ccc(Oc4cccc(N5CN(c6c(-c7ccccc7)cccc6-c6ccccc6)c6ccccc65)c4)cc32)ncc1-c1ccccc1. The third-order valence-electron chi connectivity index (χ3n) is 11.6. The highest BCUT2D eigenvalue weighted by molar-refractivity contribution is 6.09. The van der Waals surface area contributed by atoms with Gasteiger partial charge in [0.05, 0.1) is 28.1 Å². The number of benzene rings is 8. The number of rotatable bonds is 8. The van der Waals surface area contributed by atoms with Crippen molar-refractivity contribution < 1.29 is 4.74 Å². The molecule has 5 heteroatoms. The van der Waals surface area contributed by atoms with E-state index in [1.807, 2.05) is 18.3 Å². The van der Waals surface area contributed by atoms with Crippen LogP contribution in [0.25, 0.3) is 61.0 Å². The summed E-state index contributed by atoms with van der Waals surface area (Å²) in [6.07, 6.45) is 1.99. The van der Waals surface area contributed by atoms with E-state index in [4.69, 9.17) is 9.72 Å². The number of anilines is 4. The molecular weight excluding hydrogens is 733 g/mol. The Morgan fingerprint density at radius 3 is 1.70 bits per heavy atom. The van der Waals surface area contributed by atoms with E-state index in [1.165, 1.54) is 38.9 Å². The molecular formula is C55H40N4O. The first-order valence-electron chi connectivity index (χ1n) is 20.4. The predicted molar refractivity (Wildman–Crippen MR) is 248 cm³/mol. The summed E-state index contributed by atoms with van der Waals surface area (Å²) in [5.74, 6) is 2.40. The summed E-state index contributed by atoms with van der Waals surface area (Å²) in [4.78, 5) is 9.87. The minimum Gasteiger partial charge on any atom is -0.457 e. The third-order valence-corrected chi connectivity index (χ3v) is 11.6. The van der Waals surface area contributed by atoms with Crippen molar-refractivity contribution in [2.75, 3.05) is 16.5 Å². The van der Waals surface area contributed by atoms with Gasteiger partial charge in [0.25, 0.3) is 0 Å². The number of hydrogen-bond donors (Lipinski definition) is 0. The van der Waals surface area contributed by atoms with Crippen molar-refractivity contribution in [2.24, 2.45) is 0 Å². The first kappa shape index (κ1) is 35.3. The second-order valence-corrected chi connectivity index (χ2v) is 15.3. The van der Waals surface area contributed by atoms with Gasteiger partial charge in [-0.1, -0.05) is 146 Å². The van der Waals surface area contributed by atoms with Gasteiger partial charge in [-0.2, -0.15) is 0 Å². The summed E-state index contributed by atoms with van der Waals surface area (Å²) < 4.78 is 9.01. The number of ether oxygens (including phenoxy) is 1. The van der Waals surface area contributed by atoms with Crippen LogP contribution in [-0.2, 0) is 0 Å². The van der Waals surface area contributed by atoms with Crippen LogP contribution < -0.4 is 14.5 Å². The van der Waals surface area contributed by atoms with Gasteiger partial charge in [-0.15, -0.1) is 0 Å². The zero-order valence-electron chi connectivity index (χ0n) is 33.1. The maximum atomic E-state index is 6.75. The van der Waals surface area contributed by atoms with Gasteiger partial charge in [-0.3, -0.25) is 4.57 Å². The number of aromatic nitrogens is 2. The fourth-order valence-corrected chi connectivity index (χ4v) is 8.86. The van der Waals surface area contributed by atoms with Gasteiger partial charge in [0.15, 0.2) is 0 Å². The van der Waals surface area contributed by atoms with Gasteiger partial charge in [-0.25, -0.2) is 4.98 Å².